The lowest BCUT2D eigenvalue weighted by Crippen LogP contribution is -2.35. The Kier molecular flexibility index (Phi) is 7.56. The highest BCUT2D eigenvalue weighted by Gasteiger charge is 2.19. The summed E-state index contributed by atoms with van der Waals surface area (Å²) in [5.41, 5.74) is 0. The Morgan fingerprint density at radius 2 is 2.35 bits per heavy atom. The number of amides is 1. The minimum Gasteiger partial charge on any atom is -0.383 e. The van der Waals surface area contributed by atoms with Crippen molar-refractivity contribution in [3.05, 3.63) is 0 Å². The number of hydrogen-bond acceptors (Lipinski definition) is 3. The summed E-state index contributed by atoms with van der Waals surface area (Å²) in [6.07, 6.45) is 3.85. The summed E-state index contributed by atoms with van der Waals surface area (Å²) in [5.74, 6) is 0.619. The van der Waals surface area contributed by atoms with Crippen molar-refractivity contribution < 1.29 is 14.3 Å². The number of ether oxygens (including phenoxy) is 2. The first-order valence-electron chi connectivity index (χ1n) is 6.22. The van der Waals surface area contributed by atoms with Crippen LogP contribution >= 0.6 is 11.6 Å². The molecular weight excluding hydrogens is 242 g/mol. The van der Waals surface area contributed by atoms with Gasteiger partial charge in [-0.1, -0.05) is 0 Å². The molecule has 0 aromatic carbocycles. The summed E-state index contributed by atoms with van der Waals surface area (Å²) in [6.45, 7) is 2.61. The molecule has 4 nitrogen and oxygen atoms in total. The first-order chi connectivity index (χ1) is 8.27. The Balaban J connectivity index is 2.24. The highest BCUT2D eigenvalue weighted by molar-refractivity contribution is 6.18. The van der Waals surface area contributed by atoms with Gasteiger partial charge in [-0.05, 0) is 19.3 Å². The molecule has 1 fully saturated rings. The third kappa shape index (κ3) is 5.70. The van der Waals surface area contributed by atoms with Gasteiger partial charge in [0.05, 0.1) is 12.7 Å². The molecule has 0 aromatic heterocycles. The van der Waals surface area contributed by atoms with Crippen molar-refractivity contribution in [2.45, 2.75) is 31.8 Å². The summed E-state index contributed by atoms with van der Waals surface area (Å²) < 4.78 is 10.5. The van der Waals surface area contributed by atoms with Gasteiger partial charge in [0, 0.05) is 39.1 Å². The van der Waals surface area contributed by atoms with Gasteiger partial charge in [0.2, 0.25) is 5.91 Å². The van der Waals surface area contributed by atoms with Crippen LogP contribution in [0.5, 0.6) is 0 Å². The maximum atomic E-state index is 12.0. The molecule has 0 saturated carbocycles. The van der Waals surface area contributed by atoms with E-state index < -0.39 is 0 Å². The molecule has 1 rings (SSSR count). The lowest BCUT2D eigenvalue weighted by molar-refractivity contribution is -0.132. The van der Waals surface area contributed by atoms with E-state index in [2.05, 4.69) is 0 Å². The van der Waals surface area contributed by atoms with Gasteiger partial charge >= 0.3 is 0 Å². The van der Waals surface area contributed by atoms with Crippen molar-refractivity contribution >= 4 is 17.5 Å². The number of nitrogens with zero attached hydrogens (tertiary/aromatic N) is 1. The Morgan fingerprint density at radius 3 is 2.94 bits per heavy atom. The van der Waals surface area contributed by atoms with E-state index in [1.807, 2.05) is 0 Å². The molecule has 100 valence electrons. The fraction of sp³-hybridized carbons (Fsp3) is 0.917. The van der Waals surface area contributed by atoms with E-state index in [4.69, 9.17) is 21.1 Å². The first kappa shape index (κ1) is 14.7. The quantitative estimate of drug-likeness (QED) is 0.625. The summed E-state index contributed by atoms with van der Waals surface area (Å²) >= 11 is 5.69. The first-order valence-corrected chi connectivity index (χ1v) is 6.75. The second-order valence-corrected chi connectivity index (χ2v) is 4.61. The molecule has 17 heavy (non-hydrogen) atoms. The average Bonchev–Trinajstić information content (AvgIpc) is 2.84. The fourth-order valence-corrected chi connectivity index (χ4v) is 2.18. The van der Waals surface area contributed by atoms with Gasteiger partial charge in [-0.15, -0.1) is 11.6 Å². The molecule has 0 N–H and O–H groups in total. The van der Waals surface area contributed by atoms with Crippen LogP contribution in [0.15, 0.2) is 0 Å². The zero-order valence-electron chi connectivity index (χ0n) is 10.5. The molecule has 1 atom stereocenters. The summed E-state index contributed by atoms with van der Waals surface area (Å²) in [5, 5.41) is 0. The number of carbonyl (C=O) groups excluding carboxylic acids is 1. The van der Waals surface area contributed by atoms with Crippen molar-refractivity contribution in [3.63, 3.8) is 0 Å². The highest BCUT2D eigenvalue weighted by atomic mass is 35.5. The summed E-state index contributed by atoms with van der Waals surface area (Å²) in [7, 11) is 1.63. The van der Waals surface area contributed by atoms with Crippen molar-refractivity contribution in [2.75, 3.05) is 39.3 Å². The molecule has 0 spiro atoms. The summed E-state index contributed by atoms with van der Waals surface area (Å²) in [6, 6.07) is 0. The Labute approximate surface area is 108 Å². The van der Waals surface area contributed by atoms with E-state index in [1.54, 1.807) is 12.0 Å². The van der Waals surface area contributed by atoms with E-state index in [1.165, 1.54) is 0 Å². The molecule has 1 unspecified atom stereocenters. The Bertz CT molecular complexity index is 220. The normalized spacial score (nSPS) is 19.5. The van der Waals surface area contributed by atoms with Crippen molar-refractivity contribution in [2.24, 2.45) is 0 Å². The smallest absolute Gasteiger partial charge is 0.222 e. The standard InChI is InChI=1S/C12H22ClNO3/c1-16-10-8-14(7-6-13)12(15)5-4-11-3-2-9-17-11/h11H,2-10H2,1H3. The Morgan fingerprint density at radius 1 is 1.53 bits per heavy atom. The lowest BCUT2D eigenvalue weighted by Gasteiger charge is -2.22. The zero-order chi connectivity index (χ0) is 12.5. The highest BCUT2D eigenvalue weighted by Crippen LogP contribution is 2.17. The van der Waals surface area contributed by atoms with Crippen LogP contribution in [0.3, 0.4) is 0 Å². The molecule has 1 heterocycles. The van der Waals surface area contributed by atoms with Crippen LogP contribution in [-0.2, 0) is 14.3 Å². The topological polar surface area (TPSA) is 38.8 Å². The largest absolute Gasteiger partial charge is 0.383 e. The number of halogens is 1. The summed E-state index contributed by atoms with van der Waals surface area (Å²) in [4.78, 5) is 13.7. The second kappa shape index (κ2) is 8.72. The van der Waals surface area contributed by atoms with Crippen LogP contribution in [0.2, 0.25) is 0 Å². The minimum atomic E-state index is 0.151. The van der Waals surface area contributed by atoms with E-state index >= 15 is 0 Å². The third-order valence-corrected chi connectivity index (χ3v) is 3.15. The van der Waals surface area contributed by atoms with E-state index in [-0.39, 0.29) is 12.0 Å². The van der Waals surface area contributed by atoms with E-state index in [0.717, 1.165) is 25.9 Å². The van der Waals surface area contributed by atoms with Crippen LogP contribution in [0.1, 0.15) is 25.7 Å². The molecule has 0 bridgehead atoms. The van der Waals surface area contributed by atoms with Gasteiger partial charge in [-0.25, -0.2) is 0 Å². The van der Waals surface area contributed by atoms with Crippen molar-refractivity contribution in [1.29, 1.82) is 0 Å². The Hall–Kier alpha value is -0.320. The van der Waals surface area contributed by atoms with Crippen LogP contribution < -0.4 is 0 Å². The van der Waals surface area contributed by atoms with Gasteiger partial charge in [0.1, 0.15) is 0 Å². The van der Waals surface area contributed by atoms with Gasteiger partial charge in [-0.3, -0.25) is 4.79 Å². The number of carbonyl (C=O) groups is 1. The van der Waals surface area contributed by atoms with Crippen LogP contribution in [0.25, 0.3) is 0 Å². The molecule has 5 heteroatoms. The molecule has 0 aliphatic carbocycles. The predicted molar refractivity (Wildman–Crippen MR) is 67.4 cm³/mol. The van der Waals surface area contributed by atoms with Crippen LogP contribution in [0, 0.1) is 0 Å². The number of rotatable bonds is 8. The molecular formula is C12H22ClNO3. The molecule has 1 aliphatic heterocycles. The number of hydrogen-bond donors (Lipinski definition) is 0. The monoisotopic (exact) mass is 263 g/mol. The fourth-order valence-electron chi connectivity index (χ4n) is 1.98. The van der Waals surface area contributed by atoms with Gasteiger partial charge < -0.3 is 14.4 Å². The predicted octanol–water partition coefficient (Wildman–Crippen LogP) is 1.66. The van der Waals surface area contributed by atoms with Gasteiger partial charge in [0.15, 0.2) is 0 Å². The SMILES string of the molecule is COCCN(CCCl)C(=O)CCC1CCCO1. The zero-order valence-corrected chi connectivity index (χ0v) is 11.2. The maximum absolute atomic E-state index is 12.0. The number of methoxy groups -OCH3 is 1. The minimum absolute atomic E-state index is 0.151. The molecule has 1 aliphatic rings. The molecule has 0 aromatic rings. The van der Waals surface area contributed by atoms with Gasteiger partial charge in [-0.2, -0.15) is 0 Å². The average molecular weight is 264 g/mol. The molecule has 0 radical (unpaired) electrons. The van der Waals surface area contributed by atoms with Crippen molar-refractivity contribution in [1.82, 2.24) is 4.90 Å². The van der Waals surface area contributed by atoms with Crippen LogP contribution in [-0.4, -0.2) is 56.2 Å². The molecule has 1 amide bonds. The van der Waals surface area contributed by atoms with Crippen LogP contribution in [0.4, 0.5) is 0 Å². The van der Waals surface area contributed by atoms with E-state index in [0.29, 0.717) is 32.0 Å². The van der Waals surface area contributed by atoms with Crippen molar-refractivity contribution in [3.8, 4) is 0 Å². The lowest BCUT2D eigenvalue weighted by atomic mass is 10.1. The third-order valence-electron chi connectivity index (χ3n) is 2.98. The van der Waals surface area contributed by atoms with Gasteiger partial charge in [0.25, 0.3) is 0 Å². The second-order valence-electron chi connectivity index (χ2n) is 4.24. The maximum Gasteiger partial charge on any atom is 0.222 e. The van der Waals surface area contributed by atoms with E-state index in [9.17, 15) is 4.79 Å². The number of alkyl halides is 1. The molecule has 1 saturated heterocycles.